The van der Waals surface area contributed by atoms with Crippen molar-refractivity contribution in [2.24, 2.45) is 0 Å². The SMILES string of the molecule is COC(=O)c1cccc(Cc2nc(N)nc(-c3cccc(NC(=O)c4ccc(C(C)(C)C)cc4)c3CO)n2)c1. The molecule has 4 N–H and O–H groups in total. The van der Waals surface area contributed by atoms with Gasteiger partial charge in [0.05, 0.1) is 19.3 Å². The predicted octanol–water partition coefficient (Wildman–Crippen LogP) is 4.54. The van der Waals surface area contributed by atoms with Crippen molar-refractivity contribution in [3.63, 3.8) is 0 Å². The number of aliphatic hydroxyl groups excluding tert-OH is 1. The lowest BCUT2D eigenvalue weighted by Gasteiger charge is -2.19. The first-order chi connectivity index (χ1) is 18.6. The smallest absolute Gasteiger partial charge is 0.337 e. The van der Waals surface area contributed by atoms with Gasteiger partial charge in [0, 0.05) is 28.8 Å². The normalized spacial score (nSPS) is 11.2. The number of rotatable bonds is 7. The molecule has 0 unspecified atom stereocenters. The number of nitrogen functional groups attached to an aromatic ring is 1. The lowest BCUT2D eigenvalue weighted by molar-refractivity contribution is 0.0600. The van der Waals surface area contributed by atoms with Crippen LogP contribution in [0.25, 0.3) is 11.4 Å². The van der Waals surface area contributed by atoms with Crippen LogP contribution in [0.4, 0.5) is 11.6 Å². The third-order valence-electron chi connectivity index (χ3n) is 6.25. The summed E-state index contributed by atoms with van der Waals surface area (Å²) in [5.41, 5.74) is 10.2. The number of nitrogens with one attached hydrogen (secondary N) is 1. The summed E-state index contributed by atoms with van der Waals surface area (Å²) in [6.45, 7) is 5.97. The minimum absolute atomic E-state index is 0.0105. The Bertz CT molecular complexity index is 1510. The van der Waals surface area contributed by atoms with Crippen LogP contribution in [0.1, 0.15) is 64.0 Å². The fraction of sp³-hybridized carbons (Fsp3) is 0.233. The molecular weight excluding hydrogens is 494 g/mol. The number of carbonyl (C=O) groups excluding carboxylic acids is 2. The number of benzene rings is 3. The van der Waals surface area contributed by atoms with Crippen LogP contribution in [-0.2, 0) is 23.2 Å². The second kappa shape index (κ2) is 11.4. The summed E-state index contributed by atoms with van der Waals surface area (Å²) in [6.07, 6.45) is 0.292. The highest BCUT2D eigenvalue weighted by Crippen LogP contribution is 2.29. The third kappa shape index (κ3) is 6.45. The van der Waals surface area contributed by atoms with Gasteiger partial charge < -0.3 is 20.9 Å². The van der Waals surface area contributed by atoms with Crippen molar-refractivity contribution in [3.8, 4) is 11.4 Å². The molecule has 3 aromatic carbocycles. The van der Waals surface area contributed by atoms with Crippen LogP contribution in [0.3, 0.4) is 0 Å². The molecular formula is C30H31N5O4. The van der Waals surface area contributed by atoms with E-state index in [9.17, 15) is 14.7 Å². The van der Waals surface area contributed by atoms with Gasteiger partial charge in [0.2, 0.25) is 5.95 Å². The number of anilines is 2. The summed E-state index contributed by atoms with van der Waals surface area (Å²) in [5, 5.41) is 13.1. The zero-order valence-electron chi connectivity index (χ0n) is 22.4. The number of aromatic nitrogens is 3. The van der Waals surface area contributed by atoms with Gasteiger partial charge in [-0.25, -0.2) is 9.78 Å². The van der Waals surface area contributed by atoms with E-state index in [0.29, 0.717) is 40.2 Å². The van der Waals surface area contributed by atoms with Gasteiger partial charge >= 0.3 is 5.97 Å². The quantitative estimate of drug-likeness (QED) is 0.299. The van der Waals surface area contributed by atoms with E-state index >= 15 is 0 Å². The Morgan fingerprint density at radius 2 is 1.67 bits per heavy atom. The molecule has 0 aliphatic rings. The fourth-order valence-corrected chi connectivity index (χ4v) is 4.15. The summed E-state index contributed by atoms with van der Waals surface area (Å²) < 4.78 is 4.79. The predicted molar refractivity (Wildman–Crippen MR) is 149 cm³/mol. The molecule has 0 fully saturated rings. The molecule has 1 aromatic heterocycles. The van der Waals surface area contributed by atoms with E-state index in [1.165, 1.54) is 7.11 Å². The van der Waals surface area contributed by atoms with Crippen LogP contribution in [0.2, 0.25) is 0 Å². The fourth-order valence-electron chi connectivity index (χ4n) is 4.15. The molecule has 9 heteroatoms. The van der Waals surface area contributed by atoms with E-state index in [0.717, 1.165) is 11.1 Å². The summed E-state index contributed by atoms with van der Waals surface area (Å²) in [5.74, 6) is -0.0857. The van der Waals surface area contributed by atoms with E-state index in [1.807, 2.05) is 18.2 Å². The van der Waals surface area contributed by atoms with Gasteiger partial charge in [-0.1, -0.05) is 57.2 Å². The van der Waals surface area contributed by atoms with Crippen molar-refractivity contribution in [3.05, 3.63) is 100 Å². The Morgan fingerprint density at radius 1 is 0.949 bits per heavy atom. The van der Waals surface area contributed by atoms with E-state index in [2.05, 4.69) is 41.0 Å². The Kier molecular flexibility index (Phi) is 8.01. The first kappa shape index (κ1) is 27.4. The largest absolute Gasteiger partial charge is 0.465 e. The molecule has 9 nitrogen and oxygen atoms in total. The van der Waals surface area contributed by atoms with Crippen LogP contribution < -0.4 is 11.1 Å². The maximum absolute atomic E-state index is 13.0. The van der Waals surface area contributed by atoms with Crippen LogP contribution >= 0.6 is 0 Å². The van der Waals surface area contributed by atoms with Crippen LogP contribution in [0.15, 0.2) is 66.7 Å². The number of amides is 1. The summed E-state index contributed by atoms with van der Waals surface area (Å²) >= 11 is 0. The Morgan fingerprint density at radius 3 is 2.33 bits per heavy atom. The topological polar surface area (TPSA) is 140 Å². The van der Waals surface area contributed by atoms with Crippen molar-refractivity contribution in [1.82, 2.24) is 15.0 Å². The van der Waals surface area contributed by atoms with E-state index in [-0.39, 0.29) is 29.7 Å². The third-order valence-corrected chi connectivity index (χ3v) is 6.25. The molecule has 0 saturated heterocycles. The number of esters is 1. The molecule has 0 radical (unpaired) electrons. The molecule has 200 valence electrons. The second-order valence-corrected chi connectivity index (χ2v) is 10.1. The van der Waals surface area contributed by atoms with Crippen molar-refractivity contribution in [2.45, 2.75) is 39.2 Å². The first-order valence-corrected chi connectivity index (χ1v) is 12.4. The summed E-state index contributed by atoms with van der Waals surface area (Å²) in [7, 11) is 1.33. The highest BCUT2D eigenvalue weighted by molar-refractivity contribution is 6.05. The average Bonchev–Trinajstić information content (AvgIpc) is 2.91. The number of carbonyl (C=O) groups is 2. The molecule has 1 amide bonds. The standard InChI is InChI=1S/C30H31N5O4/c1-30(2,3)21-13-11-19(12-14-21)27(37)32-24-10-6-9-22(23(24)17-36)26-33-25(34-29(31)35-26)16-18-7-5-8-20(15-18)28(38)39-4/h5-15,36H,16-17H2,1-4H3,(H,32,37)(H2,31,33,34,35). The summed E-state index contributed by atoms with van der Waals surface area (Å²) in [4.78, 5) is 38.0. The minimum atomic E-state index is -0.440. The number of aliphatic hydroxyl groups is 1. The maximum atomic E-state index is 13.0. The Labute approximate surface area is 227 Å². The van der Waals surface area contributed by atoms with E-state index in [4.69, 9.17) is 10.5 Å². The number of hydrogen-bond acceptors (Lipinski definition) is 8. The Balaban J connectivity index is 1.62. The van der Waals surface area contributed by atoms with E-state index < -0.39 is 5.97 Å². The number of hydrogen-bond donors (Lipinski definition) is 3. The molecule has 0 aliphatic carbocycles. The molecule has 39 heavy (non-hydrogen) atoms. The van der Waals surface area contributed by atoms with Crippen LogP contribution in [-0.4, -0.2) is 39.0 Å². The second-order valence-electron chi connectivity index (χ2n) is 10.1. The van der Waals surface area contributed by atoms with Gasteiger partial charge in [0.1, 0.15) is 5.82 Å². The molecule has 4 rings (SSSR count). The van der Waals surface area contributed by atoms with Gasteiger partial charge in [0.15, 0.2) is 5.82 Å². The summed E-state index contributed by atoms with van der Waals surface area (Å²) in [6, 6.07) is 19.6. The molecule has 0 atom stereocenters. The zero-order chi connectivity index (χ0) is 28.2. The average molecular weight is 526 g/mol. The van der Waals surface area contributed by atoms with Gasteiger partial charge in [-0.05, 0) is 46.9 Å². The highest BCUT2D eigenvalue weighted by Gasteiger charge is 2.18. The molecule has 4 aromatic rings. The number of nitrogens with two attached hydrogens (primary N) is 1. The van der Waals surface area contributed by atoms with Crippen molar-refractivity contribution in [1.29, 1.82) is 0 Å². The minimum Gasteiger partial charge on any atom is -0.465 e. The maximum Gasteiger partial charge on any atom is 0.337 e. The van der Waals surface area contributed by atoms with Gasteiger partial charge in [0.25, 0.3) is 5.91 Å². The first-order valence-electron chi connectivity index (χ1n) is 12.4. The number of nitrogens with zero attached hydrogens (tertiary/aromatic N) is 3. The molecule has 0 aliphatic heterocycles. The molecule has 0 spiro atoms. The van der Waals surface area contributed by atoms with Crippen molar-refractivity contribution in [2.75, 3.05) is 18.2 Å². The van der Waals surface area contributed by atoms with Crippen LogP contribution in [0.5, 0.6) is 0 Å². The Hall–Kier alpha value is -4.63. The monoisotopic (exact) mass is 525 g/mol. The zero-order valence-corrected chi connectivity index (χ0v) is 22.4. The lowest BCUT2D eigenvalue weighted by atomic mass is 9.86. The van der Waals surface area contributed by atoms with Gasteiger partial charge in [-0.2, -0.15) is 9.97 Å². The van der Waals surface area contributed by atoms with Gasteiger partial charge in [-0.3, -0.25) is 4.79 Å². The molecule has 0 saturated carbocycles. The van der Waals surface area contributed by atoms with Crippen molar-refractivity contribution < 1.29 is 19.4 Å². The van der Waals surface area contributed by atoms with Crippen molar-refractivity contribution >= 4 is 23.5 Å². The number of ether oxygens (including phenoxy) is 1. The molecule has 0 bridgehead atoms. The lowest BCUT2D eigenvalue weighted by Crippen LogP contribution is -2.15. The van der Waals surface area contributed by atoms with E-state index in [1.54, 1.807) is 48.5 Å². The number of methoxy groups -OCH3 is 1. The van der Waals surface area contributed by atoms with Crippen LogP contribution in [0, 0.1) is 0 Å². The highest BCUT2D eigenvalue weighted by atomic mass is 16.5. The molecule has 1 heterocycles. The van der Waals surface area contributed by atoms with Gasteiger partial charge in [-0.15, -0.1) is 0 Å².